The Bertz CT molecular complexity index is 777. The van der Waals surface area contributed by atoms with Gasteiger partial charge in [0.25, 0.3) is 0 Å². The molecule has 0 aliphatic carbocycles. The van der Waals surface area contributed by atoms with Crippen molar-refractivity contribution in [3.63, 3.8) is 0 Å². The molecule has 0 amide bonds. The van der Waals surface area contributed by atoms with E-state index in [4.69, 9.17) is 0 Å². The largest absolute Gasteiger partial charge is 0.435 e. The lowest BCUT2D eigenvalue weighted by Crippen LogP contribution is -2.07. The predicted octanol–water partition coefficient (Wildman–Crippen LogP) is 4.85. The highest BCUT2D eigenvalue weighted by Gasteiger charge is 2.35. The molecule has 0 atom stereocenters. The van der Waals surface area contributed by atoms with Crippen LogP contribution in [0.1, 0.15) is 5.69 Å². The number of hydrogen-bond acceptors (Lipinski definition) is 2. The number of nitrogens with zero attached hydrogens (tertiary/aromatic N) is 2. The van der Waals surface area contributed by atoms with Crippen molar-refractivity contribution in [2.75, 3.05) is 0 Å². The highest BCUT2D eigenvalue weighted by molar-refractivity contribution is 7.80. The summed E-state index contributed by atoms with van der Waals surface area (Å²) in [5.41, 5.74) is 0.681. The van der Waals surface area contributed by atoms with Crippen molar-refractivity contribution < 1.29 is 13.2 Å². The van der Waals surface area contributed by atoms with Crippen LogP contribution in [0.2, 0.25) is 0 Å². The van der Waals surface area contributed by atoms with Gasteiger partial charge in [0, 0.05) is 10.5 Å². The summed E-state index contributed by atoms with van der Waals surface area (Å²) >= 11 is 4.19. The second kappa shape index (κ2) is 5.53. The second-order valence-corrected chi connectivity index (χ2v) is 5.22. The maximum Gasteiger partial charge on any atom is 0.435 e. The number of aromatic nitrogens is 2. The van der Waals surface area contributed by atoms with Crippen LogP contribution in [0.3, 0.4) is 0 Å². The third-order valence-corrected chi connectivity index (χ3v) is 3.46. The van der Waals surface area contributed by atoms with Gasteiger partial charge in [0.2, 0.25) is 0 Å². The van der Waals surface area contributed by atoms with Gasteiger partial charge in [0.15, 0.2) is 5.69 Å². The highest BCUT2D eigenvalue weighted by Crippen LogP contribution is 2.33. The molecular weight excluding hydrogens is 309 g/mol. The van der Waals surface area contributed by atoms with Gasteiger partial charge in [-0.25, -0.2) is 4.68 Å². The normalized spacial score (nSPS) is 11.6. The van der Waals surface area contributed by atoms with Gasteiger partial charge < -0.3 is 0 Å². The first-order chi connectivity index (χ1) is 10.4. The minimum atomic E-state index is -4.49. The molecule has 3 aromatic rings. The van der Waals surface area contributed by atoms with Gasteiger partial charge in [0.05, 0.1) is 11.4 Å². The lowest BCUT2D eigenvalue weighted by molar-refractivity contribution is -0.141. The molecule has 0 saturated heterocycles. The number of hydrogen-bond donors (Lipinski definition) is 1. The SMILES string of the molecule is FC(F)(F)c1cc(-c2ccc(S)cc2)n(-c2ccccc2)n1. The average Bonchev–Trinajstić information content (AvgIpc) is 2.94. The summed E-state index contributed by atoms with van der Waals surface area (Å²) in [4.78, 5) is 0.741. The summed E-state index contributed by atoms with van der Waals surface area (Å²) in [6.45, 7) is 0. The molecule has 0 saturated carbocycles. The molecule has 2 aromatic carbocycles. The van der Waals surface area contributed by atoms with Crippen molar-refractivity contribution >= 4 is 12.6 Å². The molecule has 2 nitrogen and oxygen atoms in total. The van der Waals surface area contributed by atoms with Crippen LogP contribution in [-0.4, -0.2) is 9.78 Å². The van der Waals surface area contributed by atoms with Crippen molar-refractivity contribution in [1.82, 2.24) is 9.78 Å². The smallest absolute Gasteiger partial charge is 0.233 e. The molecular formula is C16H11F3N2S. The second-order valence-electron chi connectivity index (χ2n) is 4.71. The summed E-state index contributed by atoms with van der Waals surface area (Å²) in [5.74, 6) is 0. The van der Waals surface area contributed by atoms with E-state index in [1.807, 2.05) is 0 Å². The standard InChI is InChI=1S/C16H11F3N2S/c17-16(18,19)15-10-14(11-6-8-13(22)9-7-11)21(20-15)12-4-2-1-3-5-12/h1-10,22H. The average molecular weight is 320 g/mol. The van der Waals surface area contributed by atoms with Crippen molar-refractivity contribution in [3.05, 3.63) is 66.4 Å². The Balaban J connectivity index is 2.19. The van der Waals surface area contributed by atoms with Crippen LogP contribution < -0.4 is 0 Å². The summed E-state index contributed by atoms with van der Waals surface area (Å²) in [5, 5.41) is 3.72. The fourth-order valence-electron chi connectivity index (χ4n) is 2.12. The van der Waals surface area contributed by atoms with Crippen LogP contribution in [-0.2, 0) is 6.18 Å². The zero-order chi connectivity index (χ0) is 15.7. The number of para-hydroxylation sites is 1. The highest BCUT2D eigenvalue weighted by atomic mass is 32.1. The van der Waals surface area contributed by atoms with Crippen molar-refractivity contribution in [2.45, 2.75) is 11.1 Å². The van der Waals surface area contributed by atoms with E-state index in [2.05, 4.69) is 17.7 Å². The zero-order valence-electron chi connectivity index (χ0n) is 11.2. The maximum absolute atomic E-state index is 13.0. The van der Waals surface area contributed by atoms with Gasteiger partial charge in [-0.2, -0.15) is 18.3 Å². The topological polar surface area (TPSA) is 17.8 Å². The van der Waals surface area contributed by atoms with Gasteiger partial charge in [0.1, 0.15) is 0 Å². The minimum absolute atomic E-state index is 0.381. The van der Waals surface area contributed by atoms with E-state index in [1.54, 1.807) is 54.6 Å². The van der Waals surface area contributed by atoms with Crippen molar-refractivity contribution in [1.29, 1.82) is 0 Å². The number of rotatable bonds is 2. The molecule has 0 aliphatic rings. The van der Waals surface area contributed by atoms with Gasteiger partial charge >= 0.3 is 6.18 Å². The molecule has 112 valence electrons. The van der Waals surface area contributed by atoms with E-state index < -0.39 is 11.9 Å². The molecule has 0 spiro atoms. The molecule has 0 unspecified atom stereocenters. The van der Waals surface area contributed by atoms with Crippen LogP contribution in [0.5, 0.6) is 0 Å². The number of halogens is 3. The molecule has 0 fully saturated rings. The van der Waals surface area contributed by atoms with Crippen molar-refractivity contribution in [2.24, 2.45) is 0 Å². The van der Waals surface area contributed by atoms with E-state index in [-0.39, 0.29) is 0 Å². The fourth-order valence-corrected chi connectivity index (χ4v) is 2.27. The van der Waals surface area contributed by atoms with E-state index >= 15 is 0 Å². The lowest BCUT2D eigenvalue weighted by atomic mass is 10.1. The fraction of sp³-hybridized carbons (Fsp3) is 0.0625. The zero-order valence-corrected chi connectivity index (χ0v) is 12.1. The van der Waals surface area contributed by atoms with Gasteiger partial charge in [-0.3, -0.25) is 0 Å². The molecule has 0 N–H and O–H groups in total. The van der Waals surface area contributed by atoms with Crippen LogP contribution in [0.4, 0.5) is 13.2 Å². The minimum Gasteiger partial charge on any atom is -0.233 e. The van der Waals surface area contributed by atoms with Gasteiger partial charge in [-0.05, 0) is 30.3 Å². The Kier molecular flexibility index (Phi) is 3.70. The third kappa shape index (κ3) is 2.87. The number of alkyl halides is 3. The summed E-state index contributed by atoms with van der Waals surface area (Å²) in [6, 6.07) is 16.7. The Labute approximate surface area is 130 Å². The quantitative estimate of drug-likeness (QED) is 0.669. The van der Waals surface area contributed by atoms with Crippen LogP contribution in [0, 0.1) is 0 Å². The van der Waals surface area contributed by atoms with Crippen LogP contribution in [0.15, 0.2) is 65.6 Å². The number of thiol groups is 1. The Morgan fingerprint density at radius 2 is 1.55 bits per heavy atom. The Morgan fingerprint density at radius 1 is 0.909 bits per heavy atom. The summed E-state index contributed by atoms with van der Waals surface area (Å²) in [6.07, 6.45) is -4.49. The predicted molar refractivity (Wildman–Crippen MR) is 81.3 cm³/mol. The molecule has 3 rings (SSSR count). The van der Waals surface area contributed by atoms with Crippen molar-refractivity contribution in [3.8, 4) is 16.9 Å². The molecule has 0 aliphatic heterocycles. The van der Waals surface area contributed by atoms with Crippen LogP contribution in [0.25, 0.3) is 16.9 Å². The molecule has 0 radical (unpaired) electrons. The first kappa shape index (κ1) is 14.7. The Morgan fingerprint density at radius 3 is 2.14 bits per heavy atom. The van der Waals surface area contributed by atoms with Gasteiger partial charge in [-0.15, -0.1) is 12.6 Å². The van der Waals surface area contributed by atoms with E-state index in [9.17, 15) is 13.2 Å². The van der Waals surface area contributed by atoms with Gasteiger partial charge in [-0.1, -0.05) is 30.3 Å². The Hall–Kier alpha value is -2.21. The maximum atomic E-state index is 13.0. The first-order valence-electron chi connectivity index (χ1n) is 6.47. The number of benzene rings is 2. The molecule has 1 heterocycles. The molecule has 1 aromatic heterocycles. The van der Waals surface area contributed by atoms with E-state index in [1.165, 1.54) is 4.68 Å². The lowest BCUT2D eigenvalue weighted by Gasteiger charge is -2.07. The summed E-state index contributed by atoms with van der Waals surface area (Å²) < 4.78 is 40.3. The molecule has 22 heavy (non-hydrogen) atoms. The first-order valence-corrected chi connectivity index (χ1v) is 6.92. The van der Waals surface area contributed by atoms with Crippen LogP contribution >= 0.6 is 12.6 Å². The van der Waals surface area contributed by atoms with E-state index in [0.717, 1.165) is 11.0 Å². The summed E-state index contributed by atoms with van der Waals surface area (Å²) in [7, 11) is 0. The monoisotopic (exact) mass is 320 g/mol. The molecule has 6 heteroatoms. The van der Waals surface area contributed by atoms with E-state index in [0.29, 0.717) is 16.9 Å². The third-order valence-electron chi connectivity index (χ3n) is 3.16. The molecule has 0 bridgehead atoms.